The Bertz CT molecular complexity index is 852. The van der Waals surface area contributed by atoms with Gasteiger partial charge in [0.25, 0.3) is 0 Å². The average Bonchev–Trinajstić information content (AvgIpc) is 2.65. The lowest BCUT2D eigenvalue weighted by Gasteiger charge is -1.97. The summed E-state index contributed by atoms with van der Waals surface area (Å²) in [6, 6.07) is 12.2. The van der Waals surface area contributed by atoms with E-state index in [1.807, 2.05) is 43.4 Å². The van der Waals surface area contributed by atoms with E-state index in [2.05, 4.69) is 45.9 Å². The van der Waals surface area contributed by atoms with Crippen LogP contribution < -0.4 is 0 Å². The number of benzene rings is 2. The van der Waals surface area contributed by atoms with Crippen LogP contribution in [0.15, 0.2) is 61.4 Å². The topological polar surface area (TPSA) is 68.6 Å². The number of fused-ring (bicyclic) bond motifs is 2. The van der Waals surface area contributed by atoms with E-state index in [0.717, 1.165) is 21.8 Å². The molecule has 2 heterocycles. The van der Waals surface area contributed by atoms with E-state index in [1.54, 1.807) is 12.7 Å². The van der Waals surface area contributed by atoms with Gasteiger partial charge < -0.3 is 4.79 Å². The molecule has 0 aliphatic heterocycles. The summed E-state index contributed by atoms with van der Waals surface area (Å²) in [5, 5.41) is 2.21. The van der Waals surface area contributed by atoms with Gasteiger partial charge in [-0.1, -0.05) is 36.4 Å². The van der Waals surface area contributed by atoms with Crippen LogP contribution in [0.2, 0.25) is 0 Å². The van der Waals surface area contributed by atoms with Crippen molar-refractivity contribution in [1.82, 2.24) is 19.9 Å². The molecule has 0 N–H and O–H groups in total. The minimum Gasteiger partial charge on any atom is -0.307 e. The minimum atomic E-state index is 1.04. The van der Waals surface area contributed by atoms with E-state index in [-0.39, 0.29) is 0 Å². The third-order valence-corrected chi connectivity index (χ3v) is 3.47. The summed E-state index contributed by atoms with van der Waals surface area (Å²) in [5.41, 5.74) is 4.49. The lowest BCUT2D eigenvalue weighted by molar-refractivity contribution is -0.0979. The Morgan fingerprint density at radius 3 is 1.50 bits per heavy atom. The van der Waals surface area contributed by atoms with Crippen molar-refractivity contribution in [1.29, 1.82) is 0 Å². The van der Waals surface area contributed by atoms with Gasteiger partial charge in [-0.15, -0.1) is 0 Å². The zero-order valence-corrected chi connectivity index (χ0v) is 13.7. The van der Waals surface area contributed by atoms with Crippen molar-refractivity contribution in [2.75, 3.05) is 0 Å². The highest BCUT2D eigenvalue weighted by Crippen LogP contribution is 2.13. The highest BCUT2D eigenvalue weighted by molar-refractivity contribution is 5.80. The SMILES string of the molecule is C=O.Cc1cccc2cncnc12.Cc1cccc2cncnc12. The van der Waals surface area contributed by atoms with E-state index >= 15 is 0 Å². The van der Waals surface area contributed by atoms with Crippen LogP contribution in [0.1, 0.15) is 11.1 Å². The first-order valence-corrected chi connectivity index (χ1v) is 7.35. The van der Waals surface area contributed by atoms with Crippen LogP contribution >= 0.6 is 0 Å². The van der Waals surface area contributed by atoms with Gasteiger partial charge in [-0.2, -0.15) is 0 Å². The normalized spacial score (nSPS) is 9.58. The number of aryl methyl sites for hydroxylation is 2. The highest BCUT2D eigenvalue weighted by Gasteiger charge is 1.95. The Morgan fingerprint density at radius 2 is 1.12 bits per heavy atom. The second-order valence-electron chi connectivity index (χ2n) is 5.07. The fraction of sp³-hybridized carbons (Fsp3) is 0.105. The Kier molecular flexibility index (Phi) is 6.02. The van der Waals surface area contributed by atoms with Gasteiger partial charge in [0.05, 0.1) is 11.0 Å². The molecule has 0 spiro atoms. The summed E-state index contributed by atoms with van der Waals surface area (Å²) in [7, 11) is 0. The largest absolute Gasteiger partial charge is 0.307 e. The van der Waals surface area contributed by atoms with Crippen LogP contribution in [0.5, 0.6) is 0 Å². The predicted octanol–water partition coefficient (Wildman–Crippen LogP) is 3.69. The molecular formula is C19H18N4O. The van der Waals surface area contributed by atoms with Crippen molar-refractivity contribution in [3.05, 3.63) is 72.6 Å². The summed E-state index contributed by atoms with van der Waals surface area (Å²) < 4.78 is 0. The first kappa shape index (κ1) is 17.1. The standard InChI is InChI=1S/2C9H8N2.CH2O/c2*1-7-3-2-4-8-5-10-6-11-9(7)8;1-2/h2*2-6H,1H3;1H2. The third kappa shape index (κ3) is 3.95. The van der Waals surface area contributed by atoms with Crippen molar-refractivity contribution in [2.24, 2.45) is 0 Å². The highest BCUT2D eigenvalue weighted by atomic mass is 16.1. The Balaban J connectivity index is 0.000000158. The molecule has 0 amide bonds. The molecule has 0 fully saturated rings. The van der Waals surface area contributed by atoms with Gasteiger partial charge in [-0.25, -0.2) is 19.9 Å². The summed E-state index contributed by atoms with van der Waals surface area (Å²) >= 11 is 0. The van der Waals surface area contributed by atoms with Crippen LogP contribution in [0.4, 0.5) is 0 Å². The summed E-state index contributed by atoms with van der Waals surface area (Å²) in [5.74, 6) is 0. The van der Waals surface area contributed by atoms with Crippen LogP contribution in [-0.4, -0.2) is 26.7 Å². The number of carbonyl (C=O) groups is 1. The predicted molar refractivity (Wildman–Crippen MR) is 95.7 cm³/mol. The van der Waals surface area contributed by atoms with Crippen LogP contribution in [0.25, 0.3) is 21.8 Å². The number of hydrogen-bond acceptors (Lipinski definition) is 5. The first-order chi connectivity index (χ1) is 11.8. The Labute approximate surface area is 140 Å². The molecule has 4 aromatic rings. The molecule has 0 aliphatic carbocycles. The maximum Gasteiger partial charge on any atom is 0.116 e. The van der Waals surface area contributed by atoms with Crippen molar-refractivity contribution >= 4 is 28.6 Å². The van der Waals surface area contributed by atoms with Gasteiger partial charge in [-0.05, 0) is 25.0 Å². The maximum atomic E-state index is 8.00. The minimum absolute atomic E-state index is 1.04. The third-order valence-electron chi connectivity index (χ3n) is 3.47. The molecule has 4 rings (SSSR count). The zero-order valence-electron chi connectivity index (χ0n) is 13.7. The van der Waals surface area contributed by atoms with Gasteiger partial charge in [0.1, 0.15) is 19.4 Å². The van der Waals surface area contributed by atoms with Crippen LogP contribution in [0.3, 0.4) is 0 Å². The van der Waals surface area contributed by atoms with Crippen molar-refractivity contribution in [2.45, 2.75) is 13.8 Å². The number of hydrogen-bond donors (Lipinski definition) is 0. The molecule has 2 aromatic carbocycles. The summed E-state index contributed by atoms with van der Waals surface area (Å²) in [6.07, 6.45) is 6.81. The van der Waals surface area contributed by atoms with Crippen molar-refractivity contribution < 1.29 is 4.79 Å². The van der Waals surface area contributed by atoms with Gasteiger partial charge in [0, 0.05) is 23.2 Å². The second kappa shape index (κ2) is 8.43. The fourth-order valence-electron chi connectivity index (χ4n) is 2.33. The molecule has 2 aromatic heterocycles. The van der Waals surface area contributed by atoms with Gasteiger partial charge in [0.2, 0.25) is 0 Å². The number of aromatic nitrogens is 4. The molecule has 24 heavy (non-hydrogen) atoms. The molecule has 0 aliphatic rings. The maximum absolute atomic E-state index is 8.00. The molecule has 0 atom stereocenters. The first-order valence-electron chi connectivity index (χ1n) is 7.35. The van der Waals surface area contributed by atoms with Gasteiger partial charge >= 0.3 is 0 Å². The molecule has 5 nitrogen and oxygen atoms in total. The van der Waals surface area contributed by atoms with Crippen LogP contribution in [0, 0.1) is 13.8 Å². The van der Waals surface area contributed by atoms with Gasteiger partial charge in [0.15, 0.2) is 0 Å². The van der Waals surface area contributed by atoms with E-state index in [4.69, 9.17) is 4.79 Å². The number of rotatable bonds is 0. The monoisotopic (exact) mass is 318 g/mol. The quantitative estimate of drug-likeness (QED) is 0.494. The molecule has 120 valence electrons. The average molecular weight is 318 g/mol. The van der Waals surface area contributed by atoms with E-state index in [1.165, 1.54) is 11.1 Å². The fourth-order valence-corrected chi connectivity index (χ4v) is 2.33. The molecule has 0 radical (unpaired) electrons. The Hall–Kier alpha value is -3.21. The molecular weight excluding hydrogens is 300 g/mol. The van der Waals surface area contributed by atoms with E-state index in [9.17, 15) is 0 Å². The number of para-hydroxylation sites is 2. The van der Waals surface area contributed by atoms with Crippen molar-refractivity contribution in [3.8, 4) is 0 Å². The zero-order chi connectivity index (χ0) is 17.4. The number of carbonyl (C=O) groups excluding carboxylic acids is 1. The number of nitrogens with zero attached hydrogens (tertiary/aromatic N) is 4. The van der Waals surface area contributed by atoms with Crippen LogP contribution in [-0.2, 0) is 4.79 Å². The molecule has 0 unspecified atom stereocenters. The van der Waals surface area contributed by atoms with E-state index < -0.39 is 0 Å². The Morgan fingerprint density at radius 1 is 0.708 bits per heavy atom. The lowest BCUT2D eigenvalue weighted by atomic mass is 10.2. The van der Waals surface area contributed by atoms with Crippen molar-refractivity contribution in [3.63, 3.8) is 0 Å². The van der Waals surface area contributed by atoms with E-state index in [0.29, 0.717) is 0 Å². The summed E-state index contributed by atoms with van der Waals surface area (Å²) in [6.45, 7) is 6.10. The molecule has 0 saturated carbocycles. The molecule has 5 heteroatoms. The molecule has 0 bridgehead atoms. The summed E-state index contributed by atoms with van der Waals surface area (Å²) in [4.78, 5) is 24.2. The second-order valence-corrected chi connectivity index (χ2v) is 5.07. The molecule has 0 saturated heterocycles. The lowest BCUT2D eigenvalue weighted by Crippen LogP contribution is -1.83. The smallest absolute Gasteiger partial charge is 0.116 e. The van der Waals surface area contributed by atoms with Gasteiger partial charge in [-0.3, -0.25) is 0 Å².